The molecule has 10 heteroatoms. The topological polar surface area (TPSA) is 60.4 Å². The zero-order valence-electron chi connectivity index (χ0n) is 15.2. The lowest BCUT2D eigenvalue weighted by Crippen LogP contribution is -2.04. The molecule has 0 unspecified atom stereocenters. The Morgan fingerprint density at radius 2 is 1.90 bits per heavy atom. The zero-order chi connectivity index (χ0) is 20.4. The molecule has 0 amide bonds. The van der Waals surface area contributed by atoms with E-state index in [-0.39, 0.29) is 0 Å². The molecule has 0 radical (unpaired) electrons. The minimum absolute atomic E-state index is 0.310. The second-order valence-corrected chi connectivity index (χ2v) is 7.25. The number of aromatic nitrogens is 5. The summed E-state index contributed by atoms with van der Waals surface area (Å²) in [6.45, 7) is 2.01. The molecule has 0 aliphatic carbocycles. The van der Waals surface area contributed by atoms with Gasteiger partial charge in [-0.2, -0.15) is 32.6 Å². The SMILES string of the molecule is Cc1ccc(/C=N\n2cnn3c(SCc4cccc(C(F)(F)F)c4)nnc23)cc1. The number of nitrogens with zero attached hydrogens (tertiary/aromatic N) is 6. The fourth-order valence-corrected chi connectivity index (χ4v) is 3.42. The van der Waals surface area contributed by atoms with E-state index in [4.69, 9.17) is 0 Å². The van der Waals surface area contributed by atoms with Crippen LogP contribution in [0.25, 0.3) is 5.78 Å². The van der Waals surface area contributed by atoms with Crippen LogP contribution in [-0.2, 0) is 11.9 Å². The molecule has 6 nitrogen and oxygen atoms in total. The van der Waals surface area contributed by atoms with Crippen molar-refractivity contribution < 1.29 is 13.2 Å². The Labute approximate surface area is 168 Å². The first-order valence-electron chi connectivity index (χ1n) is 8.59. The summed E-state index contributed by atoms with van der Waals surface area (Å²) in [7, 11) is 0. The van der Waals surface area contributed by atoms with E-state index in [0.29, 0.717) is 22.3 Å². The molecule has 29 heavy (non-hydrogen) atoms. The lowest BCUT2D eigenvalue weighted by Gasteiger charge is -2.07. The summed E-state index contributed by atoms with van der Waals surface area (Å²) in [5.74, 6) is 0.726. The van der Waals surface area contributed by atoms with Gasteiger partial charge in [-0.3, -0.25) is 0 Å². The Morgan fingerprint density at radius 1 is 1.10 bits per heavy atom. The Kier molecular flexibility index (Phi) is 5.10. The van der Waals surface area contributed by atoms with Gasteiger partial charge in [0.15, 0.2) is 0 Å². The molecule has 0 atom stereocenters. The number of rotatable bonds is 5. The largest absolute Gasteiger partial charge is 0.416 e. The van der Waals surface area contributed by atoms with Crippen LogP contribution in [0.1, 0.15) is 22.3 Å². The number of fused-ring (bicyclic) bond motifs is 1. The van der Waals surface area contributed by atoms with Crippen molar-refractivity contribution in [1.29, 1.82) is 0 Å². The Bertz CT molecular complexity index is 1160. The van der Waals surface area contributed by atoms with E-state index in [1.807, 2.05) is 31.2 Å². The lowest BCUT2D eigenvalue weighted by atomic mass is 10.1. The highest BCUT2D eigenvalue weighted by Crippen LogP contribution is 2.31. The molecule has 148 valence electrons. The van der Waals surface area contributed by atoms with Gasteiger partial charge >= 0.3 is 6.18 Å². The molecule has 0 spiro atoms. The molecule has 0 fully saturated rings. The second-order valence-electron chi connectivity index (χ2n) is 6.31. The molecule has 2 heterocycles. The highest BCUT2D eigenvalue weighted by Gasteiger charge is 2.30. The van der Waals surface area contributed by atoms with E-state index < -0.39 is 11.7 Å². The van der Waals surface area contributed by atoms with Crippen LogP contribution in [0, 0.1) is 6.92 Å². The van der Waals surface area contributed by atoms with Gasteiger partial charge in [-0.25, -0.2) is 0 Å². The van der Waals surface area contributed by atoms with Crippen molar-refractivity contribution in [2.75, 3.05) is 0 Å². The van der Waals surface area contributed by atoms with E-state index in [2.05, 4.69) is 20.4 Å². The van der Waals surface area contributed by atoms with Crippen LogP contribution in [0.3, 0.4) is 0 Å². The van der Waals surface area contributed by atoms with E-state index in [0.717, 1.165) is 23.3 Å². The maximum atomic E-state index is 12.8. The van der Waals surface area contributed by atoms with E-state index in [1.54, 1.807) is 12.3 Å². The normalized spacial score (nSPS) is 12.3. The van der Waals surface area contributed by atoms with Crippen LogP contribution in [0.5, 0.6) is 0 Å². The molecule has 2 aromatic heterocycles. The summed E-state index contributed by atoms with van der Waals surface area (Å²) in [6, 6.07) is 13.1. The van der Waals surface area contributed by atoms with Gasteiger partial charge in [0.1, 0.15) is 6.33 Å². The molecule has 4 rings (SSSR count). The predicted octanol–water partition coefficient (Wildman–Crippen LogP) is 4.43. The summed E-state index contributed by atoms with van der Waals surface area (Å²) in [5, 5.41) is 17.2. The summed E-state index contributed by atoms with van der Waals surface area (Å²) in [6.07, 6.45) is -1.18. The predicted molar refractivity (Wildman–Crippen MR) is 104 cm³/mol. The van der Waals surface area contributed by atoms with Crippen LogP contribution in [0.4, 0.5) is 13.2 Å². The minimum atomic E-state index is -4.36. The molecule has 0 aliphatic rings. The highest BCUT2D eigenvalue weighted by molar-refractivity contribution is 7.98. The number of aryl methyl sites for hydroxylation is 1. The van der Waals surface area contributed by atoms with E-state index in [9.17, 15) is 13.2 Å². The molecule has 0 N–H and O–H groups in total. The third kappa shape index (κ3) is 4.32. The van der Waals surface area contributed by atoms with Gasteiger partial charge in [0.2, 0.25) is 5.16 Å². The molecule has 0 saturated heterocycles. The Morgan fingerprint density at radius 3 is 2.66 bits per heavy atom. The number of hydrogen-bond acceptors (Lipinski definition) is 5. The van der Waals surface area contributed by atoms with Gasteiger partial charge in [0, 0.05) is 5.75 Å². The smallest absolute Gasteiger partial charge is 0.184 e. The zero-order valence-corrected chi connectivity index (χ0v) is 16.0. The van der Waals surface area contributed by atoms with Crippen molar-refractivity contribution in [3.8, 4) is 0 Å². The number of thioether (sulfide) groups is 1. The summed E-state index contributed by atoms with van der Waals surface area (Å²) in [5.41, 5.74) is 1.96. The van der Waals surface area contributed by atoms with Crippen LogP contribution in [0.15, 0.2) is 65.1 Å². The summed E-state index contributed by atoms with van der Waals surface area (Å²) >= 11 is 1.25. The van der Waals surface area contributed by atoms with E-state index in [1.165, 1.54) is 33.3 Å². The van der Waals surface area contributed by atoms with Crippen molar-refractivity contribution in [2.24, 2.45) is 5.10 Å². The monoisotopic (exact) mass is 416 g/mol. The Hall–Kier alpha value is -3.14. The number of hydrogen-bond donors (Lipinski definition) is 0. The van der Waals surface area contributed by atoms with Crippen molar-refractivity contribution in [3.05, 3.63) is 77.1 Å². The summed E-state index contributed by atoms with van der Waals surface area (Å²) in [4.78, 5) is 0. The molecule has 2 aromatic carbocycles. The van der Waals surface area contributed by atoms with Crippen molar-refractivity contribution in [1.82, 2.24) is 24.5 Å². The lowest BCUT2D eigenvalue weighted by molar-refractivity contribution is -0.137. The quantitative estimate of drug-likeness (QED) is 0.357. The average molecular weight is 416 g/mol. The molecule has 4 aromatic rings. The van der Waals surface area contributed by atoms with Crippen molar-refractivity contribution in [3.63, 3.8) is 0 Å². The number of halogens is 3. The van der Waals surface area contributed by atoms with Gasteiger partial charge in [-0.1, -0.05) is 59.8 Å². The van der Waals surface area contributed by atoms with Crippen LogP contribution < -0.4 is 0 Å². The third-order valence-electron chi connectivity index (χ3n) is 4.11. The first-order chi connectivity index (χ1) is 13.9. The van der Waals surface area contributed by atoms with Crippen molar-refractivity contribution in [2.45, 2.75) is 24.0 Å². The molecule has 0 bridgehead atoms. The second kappa shape index (κ2) is 7.70. The first-order valence-corrected chi connectivity index (χ1v) is 9.57. The molecular formula is C19H15F3N6S. The summed E-state index contributed by atoms with van der Waals surface area (Å²) < 4.78 is 41.5. The van der Waals surface area contributed by atoms with Gasteiger partial charge in [-0.05, 0) is 24.1 Å². The average Bonchev–Trinajstić information content (AvgIpc) is 3.28. The van der Waals surface area contributed by atoms with Gasteiger partial charge in [-0.15, -0.1) is 10.2 Å². The maximum Gasteiger partial charge on any atom is 0.416 e. The standard InChI is InChI=1S/C19H15F3N6S/c1-13-5-7-14(8-6-13)10-23-27-12-24-28-17(27)25-26-18(28)29-11-15-3-2-4-16(9-15)19(20,21)22/h2-10,12H,11H2,1H3/b23-10-. The van der Waals surface area contributed by atoms with E-state index >= 15 is 0 Å². The minimum Gasteiger partial charge on any atom is -0.184 e. The fraction of sp³-hybridized carbons (Fsp3) is 0.158. The van der Waals surface area contributed by atoms with Gasteiger partial charge in [0.05, 0.1) is 11.8 Å². The Balaban J connectivity index is 1.50. The maximum absolute atomic E-state index is 12.8. The van der Waals surface area contributed by atoms with Crippen LogP contribution >= 0.6 is 11.8 Å². The molecule has 0 saturated carbocycles. The first kappa shape index (κ1) is 19.2. The third-order valence-corrected chi connectivity index (χ3v) is 5.10. The fourth-order valence-electron chi connectivity index (χ4n) is 2.59. The van der Waals surface area contributed by atoms with Gasteiger partial charge < -0.3 is 0 Å². The number of benzene rings is 2. The number of alkyl halides is 3. The van der Waals surface area contributed by atoms with Crippen molar-refractivity contribution >= 4 is 23.8 Å². The van der Waals surface area contributed by atoms with Gasteiger partial charge in [0.25, 0.3) is 5.78 Å². The van der Waals surface area contributed by atoms with Crippen LogP contribution in [-0.4, -0.2) is 30.7 Å². The van der Waals surface area contributed by atoms with Crippen LogP contribution in [0.2, 0.25) is 0 Å². The highest BCUT2D eigenvalue weighted by atomic mass is 32.2. The molecular weight excluding hydrogens is 401 g/mol. The molecule has 0 aliphatic heterocycles.